The van der Waals surface area contributed by atoms with Gasteiger partial charge in [0.25, 0.3) is 5.91 Å². The Labute approximate surface area is 148 Å². The molecule has 0 spiro atoms. The number of carbonyl (C=O) groups is 1. The molecular weight excluding hydrogens is 314 g/mol. The van der Waals surface area contributed by atoms with Crippen LogP contribution in [0.2, 0.25) is 0 Å². The van der Waals surface area contributed by atoms with Crippen LogP contribution in [0, 0.1) is 11.8 Å². The fourth-order valence-electron chi connectivity index (χ4n) is 4.11. The average Bonchev–Trinajstić information content (AvgIpc) is 3.24. The molecule has 2 aliphatic carbocycles. The van der Waals surface area contributed by atoms with E-state index in [0.717, 1.165) is 23.2 Å². The van der Waals surface area contributed by atoms with Crippen LogP contribution >= 0.6 is 11.8 Å². The van der Waals surface area contributed by atoms with Gasteiger partial charge in [-0.05, 0) is 60.9 Å². The van der Waals surface area contributed by atoms with E-state index in [0.29, 0.717) is 6.04 Å². The molecule has 2 bridgehead atoms. The first-order valence-corrected chi connectivity index (χ1v) is 9.84. The minimum absolute atomic E-state index is 0.0924. The Morgan fingerprint density at radius 1 is 1.00 bits per heavy atom. The molecule has 2 nitrogen and oxygen atoms in total. The zero-order valence-corrected chi connectivity index (χ0v) is 14.6. The van der Waals surface area contributed by atoms with Crippen molar-refractivity contribution in [2.75, 3.05) is 0 Å². The maximum Gasteiger partial charge on any atom is 0.251 e. The van der Waals surface area contributed by atoms with Crippen LogP contribution in [0.15, 0.2) is 59.5 Å². The van der Waals surface area contributed by atoms with Crippen LogP contribution in [0.4, 0.5) is 0 Å². The van der Waals surface area contributed by atoms with Crippen LogP contribution in [0.3, 0.4) is 0 Å². The van der Waals surface area contributed by atoms with Gasteiger partial charge in [0.1, 0.15) is 0 Å². The number of hydrogen-bond donors (Lipinski definition) is 1. The van der Waals surface area contributed by atoms with Gasteiger partial charge in [-0.1, -0.05) is 36.8 Å². The van der Waals surface area contributed by atoms with Gasteiger partial charge >= 0.3 is 0 Å². The maximum absolute atomic E-state index is 12.5. The van der Waals surface area contributed by atoms with Crippen molar-refractivity contribution < 1.29 is 4.79 Å². The Balaban J connectivity index is 1.32. The summed E-state index contributed by atoms with van der Waals surface area (Å²) < 4.78 is 0. The SMILES string of the molecule is O=C(N[C@@H]1C[C@H]2CC[C@@H]1C2)c1ccc(CSc2ccccc2)cc1. The summed E-state index contributed by atoms with van der Waals surface area (Å²) in [4.78, 5) is 13.7. The van der Waals surface area contributed by atoms with Crippen molar-refractivity contribution in [2.24, 2.45) is 11.8 Å². The van der Waals surface area contributed by atoms with Crippen LogP contribution in [-0.2, 0) is 5.75 Å². The summed E-state index contributed by atoms with van der Waals surface area (Å²) >= 11 is 1.82. The van der Waals surface area contributed by atoms with Gasteiger partial charge in [-0.3, -0.25) is 4.79 Å². The van der Waals surface area contributed by atoms with Crippen molar-refractivity contribution in [1.29, 1.82) is 0 Å². The average molecular weight is 337 g/mol. The lowest BCUT2D eigenvalue weighted by molar-refractivity contribution is 0.0923. The van der Waals surface area contributed by atoms with Crippen LogP contribution in [0.1, 0.15) is 41.6 Å². The molecule has 1 N–H and O–H groups in total. The van der Waals surface area contributed by atoms with Crippen molar-refractivity contribution >= 4 is 17.7 Å². The van der Waals surface area contributed by atoms with E-state index in [9.17, 15) is 4.79 Å². The molecule has 2 aliphatic rings. The van der Waals surface area contributed by atoms with Crippen LogP contribution in [-0.4, -0.2) is 11.9 Å². The second-order valence-electron chi connectivity index (χ2n) is 7.05. The van der Waals surface area contributed by atoms with E-state index in [1.165, 1.54) is 36.1 Å². The molecule has 0 aliphatic heterocycles. The number of rotatable bonds is 5. The molecule has 0 radical (unpaired) electrons. The molecule has 3 heteroatoms. The predicted molar refractivity (Wildman–Crippen MR) is 99.1 cm³/mol. The summed E-state index contributed by atoms with van der Waals surface area (Å²) in [5.41, 5.74) is 2.03. The first kappa shape index (κ1) is 15.8. The summed E-state index contributed by atoms with van der Waals surface area (Å²) in [6.07, 6.45) is 5.17. The van der Waals surface area contributed by atoms with E-state index in [1.54, 1.807) is 0 Å². The summed E-state index contributed by atoms with van der Waals surface area (Å²) in [6.45, 7) is 0. The van der Waals surface area contributed by atoms with Gasteiger partial charge in [0.2, 0.25) is 0 Å². The maximum atomic E-state index is 12.5. The Morgan fingerprint density at radius 2 is 1.79 bits per heavy atom. The third kappa shape index (κ3) is 3.51. The highest BCUT2D eigenvalue weighted by atomic mass is 32.2. The molecule has 2 saturated carbocycles. The monoisotopic (exact) mass is 337 g/mol. The van der Waals surface area contributed by atoms with Crippen molar-refractivity contribution in [3.8, 4) is 0 Å². The molecule has 0 unspecified atom stereocenters. The first-order chi connectivity index (χ1) is 11.8. The second-order valence-corrected chi connectivity index (χ2v) is 8.10. The largest absolute Gasteiger partial charge is 0.349 e. The second kappa shape index (κ2) is 7.02. The van der Waals surface area contributed by atoms with Crippen molar-refractivity contribution in [3.05, 3.63) is 65.7 Å². The summed E-state index contributed by atoms with van der Waals surface area (Å²) in [5.74, 6) is 2.60. The van der Waals surface area contributed by atoms with Crippen molar-refractivity contribution in [1.82, 2.24) is 5.32 Å². The van der Waals surface area contributed by atoms with Crippen LogP contribution in [0.25, 0.3) is 0 Å². The Morgan fingerprint density at radius 3 is 2.46 bits per heavy atom. The van der Waals surface area contributed by atoms with Crippen LogP contribution < -0.4 is 5.32 Å². The predicted octanol–water partition coefficient (Wildman–Crippen LogP) is 4.90. The Bertz CT molecular complexity index is 698. The van der Waals surface area contributed by atoms with E-state index >= 15 is 0 Å². The Kier molecular flexibility index (Phi) is 4.61. The van der Waals surface area contributed by atoms with Gasteiger partial charge in [-0.25, -0.2) is 0 Å². The minimum Gasteiger partial charge on any atom is -0.349 e. The van der Waals surface area contributed by atoms with Gasteiger partial charge in [0, 0.05) is 22.3 Å². The number of thioether (sulfide) groups is 1. The highest BCUT2D eigenvalue weighted by Gasteiger charge is 2.40. The van der Waals surface area contributed by atoms with Crippen LogP contribution in [0.5, 0.6) is 0 Å². The van der Waals surface area contributed by atoms with Gasteiger partial charge in [-0.2, -0.15) is 0 Å². The van der Waals surface area contributed by atoms with E-state index < -0.39 is 0 Å². The summed E-state index contributed by atoms with van der Waals surface area (Å²) in [5, 5.41) is 3.26. The molecule has 2 fully saturated rings. The fraction of sp³-hybridized carbons (Fsp3) is 0.381. The zero-order chi connectivity index (χ0) is 16.4. The Hall–Kier alpha value is -1.74. The molecule has 124 valence electrons. The smallest absolute Gasteiger partial charge is 0.251 e. The number of carbonyl (C=O) groups excluding carboxylic acids is 1. The molecule has 1 amide bonds. The van der Waals surface area contributed by atoms with Gasteiger partial charge in [0.05, 0.1) is 0 Å². The van der Waals surface area contributed by atoms with Crippen molar-refractivity contribution in [3.63, 3.8) is 0 Å². The molecule has 0 saturated heterocycles. The molecule has 2 aromatic carbocycles. The molecule has 4 rings (SSSR count). The van der Waals surface area contributed by atoms with E-state index in [-0.39, 0.29) is 5.91 Å². The van der Waals surface area contributed by atoms with E-state index in [1.807, 2.05) is 30.0 Å². The number of nitrogens with one attached hydrogen (secondary N) is 1. The van der Waals surface area contributed by atoms with E-state index in [4.69, 9.17) is 0 Å². The molecular formula is C21H23NOS. The third-order valence-corrected chi connectivity index (χ3v) is 6.50. The number of benzene rings is 2. The lowest BCUT2D eigenvalue weighted by atomic mass is 9.95. The highest BCUT2D eigenvalue weighted by Crippen LogP contribution is 2.44. The molecule has 2 aromatic rings. The molecule has 0 aromatic heterocycles. The van der Waals surface area contributed by atoms with Gasteiger partial charge < -0.3 is 5.32 Å². The zero-order valence-electron chi connectivity index (χ0n) is 13.8. The normalized spacial score (nSPS) is 24.9. The number of fused-ring (bicyclic) bond motifs is 2. The van der Waals surface area contributed by atoms with E-state index in [2.05, 4.69) is 41.7 Å². The van der Waals surface area contributed by atoms with Gasteiger partial charge in [0.15, 0.2) is 0 Å². The third-order valence-electron chi connectivity index (χ3n) is 5.42. The summed E-state index contributed by atoms with van der Waals surface area (Å²) in [7, 11) is 0. The van der Waals surface area contributed by atoms with Gasteiger partial charge in [-0.15, -0.1) is 11.8 Å². The highest BCUT2D eigenvalue weighted by molar-refractivity contribution is 7.98. The van der Waals surface area contributed by atoms with Crippen molar-refractivity contribution in [2.45, 2.75) is 42.4 Å². The number of amides is 1. The molecule has 0 heterocycles. The lowest BCUT2D eigenvalue weighted by Gasteiger charge is -2.22. The fourth-order valence-corrected chi connectivity index (χ4v) is 4.98. The lowest BCUT2D eigenvalue weighted by Crippen LogP contribution is -2.38. The quantitative estimate of drug-likeness (QED) is 0.787. The topological polar surface area (TPSA) is 29.1 Å². The standard InChI is InChI=1S/C21H23NOS/c23-21(22-20-13-16-8-11-18(20)12-16)17-9-6-15(7-10-17)14-24-19-4-2-1-3-5-19/h1-7,9-10,16,18,20H,8,11-14H2,(H,22,23)/t16-,18+,20+/m0/s1. The molecule has 24 heavy (non-hydrogen) atoms. The number of hydrogen-bond acceptors (Lipinski definition) is 2. The minimum atomic E-state index is 0.0924. The molecule has 3 atom stereocenters. The first-order valence-electron chi connectivity index (χ1n) is 8.85. The summed E-state index contributed by atoms with van der Waals surface area (Å²) in [6, 6.07) is 18.9.